The van der Waals surface area contributed by atoms with Crippen LogP contribution in [0.4, 0.5) is 17.6 Å². The first-order valence-corrected chi connectivity index (χ1v) is 5.48. The maximum absolute atomic E-state index is 13.2. The summed E-state index contributed by atoms with van der Waals surface area (Å²) in [5, 5.41) is 0. The smallest absolute Gasteiger partial charge is 0.141 e. The zero-order chi connectivity index (χ0) is 14.5. The van der Waals surface area contributed by atoms with E-state index in [4.69, 9.17) is 0 Å². The fraction of sp³-hybridized carbons (Fsp3) is 0. The maximum Gasteiger partial charge on any atom is 0.141 e. The summed E-state index contributed by atoms with van der Waals surface area (Å²) in [5.74, 6) is 6.40. The molecule has 4 heteroatoms. The molecule has 0 unspecified atom stereocenters. The lowest BCUT2D eigenvalue weighted by molar-refractivity contribution is 0.580. The molecule has 0 saturated heterocycles. The van der Waals surface area contributed by atoms with Crippen molar-refractivity contribution in [2.24, 2.45) is 0 Å². The molecule has 0 heterocycles. The van der Waals surface area contributed by atoms with E-state index in [1.54, 1.807) is 0 Å². The van der Waals surface area contributed by atoms with Gasteiger partial charge in [0.05, 0.1) is 11.1 Å². The topological polar surface area (TPSA) is 0 Å². The number of halogens is 4. The summed E-state index contributed by atoms with van der Waals surface area (Å²) in [6.07, 6.45) is 0. The molecule has 20 heavy (non-hydrogen) atoms. The van der Waals surface area contributed by atoms with Gasteiger partial charge < -0.3 is 0 Å². The zero-order valence-electron chi connectivity index (χ0n) is 9.98. The summed E-state index contributed by atoms with van der Waals surface area (Å²) in [4.78, 5) is 0. The first-order chi connectivity index (χ1) is 9.56. The molecule has 2 rings (SSSR count). The van der Waals surface area contributed by atoms with Crippen LogP contribution in [0.2, 0.25) is 0 Å². The molecular weight excluding hydrogens is 268 g/mol. The minimum Gasteiger partial charge on any atom is -0.207 e. The molecule has 0 fully saturated rings. The van der Waals surface area contributed by atoms with Crippen molar-refractivity contribution in [3.8, 4) is 23.7 Å². The summed E-state index contributed by atoms with van der Waals surface area (Å²) >= 11 is 0. The lowest BCUT2D eigenvalue weighted by atomic mass is 10.2. The molecule has 0 spiro atoms. The van der Waals surface area contributed by atoms with Gasteiger partial charge in [0.25, 0.3) is 0 Å². The van der Waals surface area contributed by atoms with Crippen molar-refractivity contribution >= 4 is 0 Å². The second kappa shape index (κ2) is 5.95. The number of hydrogen-bond acceptors (Lipinski definition) is 0. The largest absolute Gasteiger partial charge is 0.207 e. The summed E-state index contributed by atoms with van der Waals surface area (Å²) in [7, 11) is 0. The molecule has 0 atom stereocenters. The summed E-state index contributed by atoms with van der Waals surface area (Å²) in [6.45, 7) is 0. The molecule has 0 saturated carbocycles. The highest BCUT2D eigenvalue weighted by Crippen LogP contribution is 2.08. The molecule has 0 aromatic heterocycles. The molecule has 2 aromatic carbocycles. The predicted molar refractivity (Wildman–Crippen MR) is 66.5 cm³/mol. The second-order valence-corrected chi connectivity index (χ2v) is 3.75. The van der Waals surface area contributed by atoms with Crippen molar-refractivity contribution in [1.29, 1.82) is 0 Å². The molecule has 98 valence electrons. The van der Waals surface area contributed by atoms with E-state index >= 15 is 0 Å². The molecule has 0 radical (unpaired) electrons. The lowest BCUT2D eigenvalue weighted by Crippen LogP contribution is -1.85. The van der Waals surface area contributed by atoms with E-state index in [0.29, 0.717) is 12.1 Å². The summed E-state index contributed by atoms with van der Waals surface area (Å²) in [5.41, 5.74) is -0.0273. The maximum atomic E-state index is 13.2. The standard InChI is InChI=1S/C16H6F4/c17-13-7-5-11(15(19)9-13)3-1-2-4-12-6-8-14(18)10-16(12)20/h5-10H. The van der Waals surface area contributed by atoms with E-state index in [1.165, 1.54) is 12.1 Å². The summed E-state index contributed by atoms with van der Waals surface area (Å²) < 4.78 is 51.7. The number of benzene rings is 2. The average molecular weight is 274 g/mol. The van der Waals surface area contributed by atoms with Crippen molar-refractivity contribution in [2.75, 3.05) is 0 Å². The highest BCUT2D eigenvalue weighted by atomic mass is 19.1. The molecule has 0 aliphatic rings. The third-order valence-electron chi connectivity index (χ3n) is 2.32. The van der Waals surface area contributed by atoms with Crippen LogP contribution in [0.1, 0.15) is 11.1 Å². The van der Waals surface area contributed by atoms with Crippen LogP contribution in [0.3, 0.4) is 0 Å². The minimum atomic E-state index is -0.799. The van der Waals surface area contributed by atoms with Crippen LogP contribution >= 0.6 is 0 Å². The Labute approximate surface area is 113 Å². The molecule has 0 N–H and O–H groups in total. The normalized spacial score (nSPS) is 9.20. The van der Waals surface area contributed by atoms with Gasteiger partial charge >= 0.3 is 0 Å². The average Bonchev–Trinajstić information content (AvgIpc) is 2.39. The van der Waals surface area contributed by atoms with Crippen molar-refractivity contribution in [1.82, 2.24) is 0 Å². The van der Waals surface area contributed by atoms with Crippen LogP contribution in [-0.2, 0) is 0 Å². The predicted octanol–water partition coefficient (Wildman–Crippen LogP) is 3.65. The Bertz CT molecular complexity index is 703. The van der Waals surface area contributed by atoms with E-state index in [0.717, 1.165) is 12.1 Å². The number of rotatable bonds is 0. The minimum absolute atomic E-state index is 0.0136. The van der Waals surface area contributed by atoms with E-state index in [1.807, 2.05) is 0 Å². The second-order valence-electron chi connectivity index (χ2n) is 3.75. The van der Waals surface area contributed by atoms with Crippen molar-refractivity contribution in [2.45, 2.75) is 0 Å². The van der Waals surface area contributed by atoms with Gasteiger partial charge in [0.2, 0.25) is 0 Å². The van der Waals surface area contributed by atoms with Gasteiger partial charge in [-0.25, -0.2) is 17.6 Å². The molecule has 0 amide bonds. The van der Waals surface area contributed by atoms with Crippen LogP contribution < -0.4 is 0 Å². The van der Waals surface area contributed by atoms with Gasteiger partial charge in [-0.05, 0) is 47.9 Å². The Hall–Kier alpha value is -2.72. The van der Waals surface area contributed by atoms with Crippen LogP contribution in [-0.4, -0.2) is 0 Å². The quantitative estimate of drug-likeness (QED) is 0.508. The molecule has 0 nitrogen and oxygen atoms in total. The van der Waals surface area contributed by atoms with Gasteiger partial charge in [-0.15, -0.1) is 0 Å². The van der Waals surface area contributed by atoms with Gasteiger partial charge in [0, 0.05) is 12.1 Å². The van der Waals surface area contributed by atoms with Crippen molar-refractivity contribution in [3.05, 3.63) is 70.8 Å². The first-order valence-electron chi connectivity index (χ1n) is 5.48. The van der Waals surface area contributed by atoms with E-state index < -0.39 is 23.3 Å². The Morgan fingerprint density at radius 2 is 1.00 bits per heavy atom. The third kappa shape index (κ3) is 3.40. The lowest BCUT2D eigenvalue weighted by Gasteiger charge is -1.93. The molecule has 0 aliphatic heterocycles. The number of hydrogen-bond donors (Lipinski definition) is 0. The van der Waals surface area contributed by atoms with Crippen LogP contribution in [0.15, 0.2) is 36.4 Å². The van der Waals surface area contributed by atoms with Crippen LogP contribution in [0.25, 0.3) is 0 Å². The van der Waals surface area contributed by atoms with E-state index in [2.05, 4.69) is 23.7 Å². The van der Waals surface area contributed by atoms with Gasteiger partial charge in [0.1, 0.15) is 23.3 Å². The highest BCUT2D eigenvalue weighted by Gasteiger charge is 2.00. The summed E-state index contributed by atoms with van der Waals surface area (Å²) in [6, 6.07) is 5.91. The van der Waals surface area contributed by atoms with Crippen LogP contribution in [0, 0.1) is 47.0 Å². The Kier molecular flexibility index (Phi) is 4.08. The van der Waals surface area contributed by atoms with E-state index in [9.17, 15) is 17.6 Å². The Morgan fingerprint density at radius 3 is 1.35 bits per heavy atom. The van der Waals surface area contributed by atoms with Crippen molar-refractivity contribution in [3.63, 3.8) is 0 Å². The Balaban J connectivity index is 2.21. The van der Waals surface area contributed by atoms with Crippen LogP contribution in [0.5, 0.6) is 0 Å². The highest BCUT2D eigenvalue weighted by molar-refractivity contribution is 5.45. The SMILES string of the molecule is Fc1ccc(C#CC#Cc2ccc(F)cc2F)c(F)c1. The van der Waals surface area contributed by atoms with Gasteiger partial charge in [-0.1, -0.05) is 0 Å². The zero-order valence-corrected chi connectivity index (χ0v) is 9.98. The van der Waals surface area contributed by atoms with Crippen molar-refractivity contribution < 1.29 is 17.6 Å². The third-order valence-corrected chi connectivity index (χ3v) is 2.32. The van der Waals surface area contributed by atoms with Gasteiger partial charge in [-0.3, -0.25) is 0 Å². The van der Waals surface area contributed by atoms with E-state index in [-0.39, 0.29) is 11.1 Å². The molecule has 0 bridgehead atoms. The molecule has 2 aromatic rings. The molecule has 0 aliphatic carbocycles. The van der Waals surface area contributed by atoms with Gasteiger partial charge in [-0.2, -0.15) is 0 Å². The molecular formula is C16H6F4. The monoisotopic (exact) mass is 274 g/mol. The first kappa shape index (κ1) is 13.7. The fourth-order valence-electron chi connectivity index (χ4n) is 1.38. The Morgan fingerprint density at radius 1 is 0.600 bits per heavy atom. The van der Waals surface area contributed by atoms with Gasteiger partial charge in [0.15, 0.2) is 0 Å². The fourth-order valence-corrected chi connectivity index (χ4v) is 1.38.